The number of hydrogen-bond acceptors (Lipinski definition) is 3. The van der Waals surface area contributed by atoms with Crippen LogP contribution in [0.4, 0.5) is 5.69 Å². The maximum absolute atomic E-state index is 12.1. The summed E-state index contributed by atoms with van der Waals surface area (Å²) in [7, 11) is 0. The molecule has 0 unspecified atom stereocenters. The van der Waals surface area contributed by atoms with E-state index in [1.807, 2.05) is 6.92 Å². The number of rotatable bonds is 3. The highest BCUT2D eigenvalue weighted by atomic mass is 35.5. The molecular weight excluding hydrogens is 290 g/mol. The molecule has 5 nitrogen and oxygen atoms in total. The molecule has 108 valence electrons. The Morgan fingerprint density at radius 3 is 2.38 bits per heavy atom. The van der Waals surface area contributed by atoms with Crippen LogP contribution < -0.4 is 11.1 Å². The summed E-state index contributed by atoms with van der Waals surface area (Å²) in [5, 5.41) is 14.9. The molecule has 0 heterocycles. The van der Waals surface area contributed by atoms with Crippen molar-refractivity contribution in [3.63, 3.8) is 0 Å². The fourth-order valence-corrected chi connectivity index (χ4v) is 2.04. The van der Waals surface area contributed by atoms with Gasteiger partial charge in [0, 0.05) is 21.8 Å². The van der Waals surface area contributed by atoms with Crippen molar-refractivity contribution in [1.82, 2.24) is 0 Å². The van der Waals surface area contributed by atoms with Crippen LogP contribution in [0.5, 0.6) is 0 Å². The Labute approximate surface area is 127 Å². The van der Waals surface area contributed by atoms with Gasteiger partial charge in [-0.05, 0) is 42.8 Å². The molecule has 2 rings (SSSR count). The second-order valence-corrected chi connectivity index (χ2v) is 4.91. The first-order chi connectivity index (χ1) is 10.0. The van der Waals surface area contributed by atoms with Gasteiger partial charge in [-0.3, -0.25) is 4.79 Å². The lowest BCUT2D eigenvalue weighted by atomic mass is 10.1. The first-order valence-electron chi connectivity index (χ1n) is 6.16. The molecule has 2 aromatic rings. The summed E-state index contributed by atoms with van der Waals surface area (Å²) >= 11 is 5.88. The Morgan fingerprint density at radius 2 is 1.81 bits per heavy atom. The first kappa shape index (κ1) is 14.9. The Bertz CT molecular complexity index is 697. The molecule has 0 spiro atoms. The lowest BCUT2D eigenvalue weighted by Crippen LogP contribution is -2.15. The van der Waals surface area contributed by atoms with Crippen LogP contribution in [0, 0.1) is 6.92 Å². The molecule has 0 fully saturated rings. The standard InChI is InChI=1S/C15H14ClN3O2/c1-9-8-12(16)6-7-13(9)18-15(20)11-4-2-10(3-5-11)14(17)19-21/h2-8,21H,1H3,(H2,17,19)(H,18,20). The molecule has 4 N–H and O–H groups in total. The van der Waals surface area contributed by atoms with Gasteiger partial charge in [0.05, 0.1) is 0 Å². The van der Waals surface area contributed by atoms with E-state index in [1.165, 1.54) is 0 Å². The molecule has 0 aromatic heterocycles. The maximum atomic E-state index is 12.1. The minimum atomic E-state index is -0.244. The number of oxime groups is 1. The predicted octanol–water partition coefficient (Wildman–Crippen LogP) is 3.00. The van der Waals surface area contributed by atoms with Crippen LogP contribution >= 0.6 is 11.6 Å². The molecule has 0 aliphatic rings. The summed E-state index contributed by atoms with van der Waals surface area (Å²) in [4.78, 5) is 12.1. The molecule has 2 aromatic carbocycles. The normalized spacial score (nSPS) is 11.2. The SMILES string of the molecule is Cc1cc(Cl)ccc1NC(=O)c1ccc(/C(N)=N/O)cc1. The zero-order valence-electron chi connectivity index (χ0n) is 11.3. The summed E-state index contributed by atoms with van der Waals surface area (Å²) in [5.74, 6) is -0.248. The third-order valence-electron chi connectivity index (χ3n) is 2.99. The number of benzene rings is 2. The van der Waals surface area contributed by atoms with Gasteiger partial charge in [-0.1, -0.05) is 28.9 Å². The quantitative estimate of drug-likeness (QED) is 0.352. The van der Waals surface area contributed by atoms with Crippen molar-refractivity contribution in [1.29, 1.82) is 0 Å². The van der Waals surface area contributed by atoms with Crippen molar-refractivity contribution in [2.75, 3.05) is 5.32 Å². The third kappa shape index (κ3) is 3.52. The van der Waals surface area contributed by atoms with E-state index < -0.39 is 0 Å². The van der Waals surface area contributed by atoms with Crippen molar-refractivity contribution in [2.24, 2.45) is 10.9 Å². The topological polar surface area (TPSA) is 87.7 Å². The van der Waals surface area contributed by atoms with Crippen molar-refractivity contribution in [3.8, 4) is 0 Å². The molecule has 0 saturated heterocycles. The fraction of sp³-hybridized carbons (Fsp3) is 0.0667. The monoisotopic (exact) mass is 303 g/mol. The van der Waals surface area contributed by atoms with Crippen LogP contribution in [0.2, 0.25) is 5.02 Å². The second-order valence-electron chi connectivity index (χ2n) is 4.48. The second kappa shape index (κ2) is 6.28. The summed E-state index contributed by atoms with van der Waals surface area (Å²) in [6, 6.07) is 11.7. The number of aryl methyl sites for hydroxylation is 1. The number of nitrogens with one attached hydrogen (secondary N) is 1. The molecule has 0 aliphatic carbocycles. The van der Waals surface area contributed by atoms with Crippen LogP contribution in [-0.2, 0) is 0 Å². The van der Waals surface area contributed by atoms with Gasteiger partial charge in [-0.2, -0.15) is 0 Å². The van der Waals surface area contributed by atoms with E-state index in [0.29, 0.717) is 21.8 Å². The van der Waals surface area contributed by atoms with Gasteiger partial charge >= 0.3 is 0 Å². The van der Waals surface area contributed by atoms with Gasteiger partial charge in [0.25, 0.3) is 5.91 Å². The summed E-state index contributed by atoms with van der Waals surface area (Å²) < 4.78 is 0. The molecule has 0 saturated carbocycles. The summed E-state index contributed by atoms with van der Waals surface area (Å²) in [6.07, 6.45) is 0. The number of nitrogens with two attached hydrogens (primary N) is 1. The lowest BCUT2D eigenvalue weighted by Gasteiger charge is -2.09. The Morgan fingerprint density at radius 1 is 1.19 bits per heavy atom. The van der Waals surface area contributed by atoms with Gasteiger partial charge in [0.1, 0.15) is 0 Å². The number of hydrogen-bond donors (Lipinski definition) is 3. The van der Waals surface area contributed by atoms with Crippen molar-refractivity contribution in [2.45, 2.75) is 6.92 Å². The number of carbonyl (C=O) groups excluding carboxylic acids is 1. The predicted molar refractivity (Wildman–Crippen MR) is 83.1 cm³/mol. The molecule has 21 heavy (non-hydrogen) atoms. The van der Waals surface area contributed by atoms with E-state index >= 15 is 0 Å². The van der Waals surface area contributed by atoms with Crippen molar-refractivity contribution < 1.29 is 10.0 Å². The zero-order valence-corrected chi connectivity index (χ0v) is 12.1. The maximum Gasteiger partial charge on any atom is 0.255 e. The van der Waals surface area contributed by atoms with Gasteiger partial charge in [0.2, 0.25) is 0 Å². The Kier molecular flexibility index (Phi) is 4.45. The minimum absolute atomic E-state index is 0.00416. The van der Waals surface area contributed by atoms with E-state index in [0.717, 1.165) is 5.56 Å². The first-order valence-corrected chi connectivity index (χ1v) is 6.54. The smallest absolute Gasteiger partial charge is 0.255 e. The average Bonchev–Trinajstić information content (AvgIpc) is 2.49. The number of amides is 1. The van der Waals surface area contributed by atoms with Crippen LogP contribution in [0.15, 0.2) is 47.6 Å². The van der Waals surface area contributed by atoms with Gasteiger partial charge in [0.15, 0.2) is 5.84 Å². The van der Waals surface area contributed by atoms with Gasteiger partial charge < -0.3 is 16.3 Å². The van der Waals surface area contributed by atoms with E-state index in [-0.39, 0.29) is 11.7 Å². The van der Waals surface area contributed by atoms with Crippen LogP contribution in [0.1, 0.15) is 21.5 Å². The molecular formula is C15H14ClN3O2. The van der Waals surface area contributed by atoms with Crippen molar-refractivity contribution >= 4 is 29.0 Å². The highest BCUT2D eigenvalue weighted by Gasteiger charge is 2.08. The largest absolute Gasteiger partial charge is 0.409 e. The summed E-state index contributed by atoms with van der Waals surface area (Å²) in [6.45, 7) is 1.86. The highest BCUT2D eigenvalue weighted by molar-refractivity contribution is 6.30. The van der Waals surface area contributed by atoms with Gasteiger partial charge in [-0.25, -0.2) is 0 Å². The fourth-order valence-electron chi connectivity index (χ4n) is 1.81. The molecule has 0 bridgehead atoms. The number of anilines is 1. The van der Waals surface area contributed by atoms with Crippen LogP contribution in [0.25, 0.3) is 0 Å². The minimum Gasteiger partial charge on any atom is -0.409 e. The van der Waals surface area contributed by atoms with Gasteiger partial charge in [-0.15, -0.1) is 0 Å². The van der Waals surface area contributed by atoms with E-state index in [4.69, 9.17) is 22.5 Å². The number of carbonyl (C=O) groups is 1. The highest BCUT2D eigenvalue weighted by Crippen LogP contribution is 2.20. The number of nitrogens with zero attached hydrogens (tertiary/aromatic N) is 1. The lowest BCUT2D eigenvalue weighted by molar-refractivity contribution is 0.102. The van der Waals surface area contributed by atoms with E-state index in [9.17, 15) is 4.79 Å². The average molecular weight is 304 g/mol. The summed E-state index contributed by atoms with van der Waals surface area (Å²) in [5.41, 5.74) is 8.05. The molecule has 1 amide bonds. The Hall–Kier alpha value is -2.53. The third-order valence-corrected chi connectivity index (χ3v) is 3.22. The van der Waals surface area contributed by atoms with Crippen LogP contribution in [0.3, 0.4) is 0 Å². The number of halogens is 1. The molecule has 0 atom stereocenters. The Balaban J connectivity index is 2.17. The molecule has 0 aliphatic heterocycles. The van der Waals surface area contributed by atoms with E-state index in [1.54, 1.807) is 42.5 Å². The van der Waals surface area contributed by atoms with E-state index in [2.05, 4.69) is 10.5 Å². The molecule has 6 heteroatoms. The van der Waals surface area contributed by atoms with Crippen molar-refractivity contribution in [3.05, 3.63) is 64.2 Å². The van der Waals surface area contributed by atoms with Crippen LogP contribution in [-0.4, -0.2) is 17.0 Å². The molecule has 0 radical (unpaired) electrons. The zero-order chi connectivity index (χ0) is 15.4. The number of amidine groups is 1.